The van der Waals surface area contributed by atoms with E-state index in [4.69, 9.17) is 9.47 Å². The van der Waals surface area contributed by atoms with Crippen LogP contribution in [-0.2, 0) is 9.47 Å². The number of rotatable bonds is 7. The third-order valence-corrected chi connectivity index (χ3v) is 2.90. The van der Waals surface area contributed by atoms with Gasteiger partial charge in [0.05, 0.1) is 18.8 Å². The maximum atomic E-state index is 13.1. The molecular formula is C13H18BrFO2. The van der Waals surface area contributed by atoms with Gasteiger partial charge in [-0.3, -0.25) is 0 Å². The Bertz CT molecular complexity index is 333. The van der Waals surface area contributed by atoms with E-state index in [9.17, 15) is 4.39 Å². The molecule has 4 heteroatoms. The summed E-state index contributed by atoms with van der Waals surface area (Å²) in [6.07, 6.45) is -0.165. The van der Waals surface area contributed by atoms with Gasteiger partial charge in [-0.1, -0.05) is 28.1 Å². The summed E-state index contributed by atoms with van der Waals surface area (Å²) >= 11 is 3.39. The lowest BCUT2D eigenvalue weighted by Gasteiger charge is -2.21. The average molecular weight is 305 g/mol. The molecule has 0 saturated heterocycles. The minimum atomic E-state index is -0.241. The highest BCUT2D eigenvalue weighted by Gasteiger charge is 2.15. The Morgan fingerprint density at radius 3 is 2.76 bits per heavy atom. The number of halogens is 2. The standard InChI is InChI=1S/C13H18BrFO2/c1-3-16-9-10(2)17-13(8-14)11-5-4-6-12(15)7-11/h4-7,10,13H,3,8-9H2,1-2H3. The Kier molecular flexibility index (Phi) is 6.70. The van der Waals surface area contributed by atoms with Crippen molar-refractivity contribution in [2.45, 2.75) is 26.1 Å². The van der Waals surface area contributed by atoms with E-state index in [0.717, 1.165) is 5.56 Å². The summed E-state index contributed by atoms with van der Waals surface area (Å²) in [6.45, 7) is 5.12. The van der Waals surface area contributed by atoms with Gasteiger partial charge in [0, 0.05) is 11.9 Å². The van der Waals surface area contributed by atoms with Gasteiger partial charge >= 0.3 is 0 Å². The van der Waals surface area contributed by atoms with Gasteiger partial charge in [-0.05, 0) is 31.5 Å². The van der Waals surface area contributed by atoms with E-state index >= 15 is 0 Å². The lowest BCUT2D eigenvalue weighted by Crippen LogP contribution is -2.20. The van der Waals surface area contributed by atoms with Crippen LogP contribution in [-0.4, -0.2) is 24.6 Å². The molecule has 96 valence electrons. The van der Waals surface area contributed by atoms with Crippen LogP contribution in [0.25, 0.3) is 0 Å². The molecule has 0 bridgehead atoms. The van der Waals surface area contributed by atoms with Gasteiger partial charge < -0.3 is 9.47 Å². The second kappa shape index (κ2) is 7.80. The van der Waals surface area contributed by atoms with Crippen LogP contribution in [0.5, 0.6) is 0 Å². The Morgan fingerprint density at radius 1 is 1.41 bits per heavy atom. The molecule has 0 spiro atoms. The van der Waals surface area contributed by atoms with E-state index in [1.807, 2.05) is 19.9 Å². The summed E-state index contributed by atoms with van der Waals surface area (Å²) in [5.41, 5.74) is 0.838. The van der Waals surface area contributed by atoms with E-state index in [1.54, 1.807) is 6.07 Å². The first-order chi connectivity index (χ1) is 8.17. The zero-order valence-corrected chi connectivity index (χ0v) is 11.7. The third kappa shape index (κ3) is 5.15. The molecule has 0 aliphatic carbocycles. The highest BCUT2D eigenvalue weighted by atomic mass is 79.9. The lowest BCUT2D eigenvalue weighted by atomic mass is 10.1. The predicted molar refractivity (Wildman–Crippen MR) is 70.0 cm³/mol. The Balaban J connectivity index is 2.59. The molecular weight excluding hydrogens is 287 g/mol. The Labute approximate surface area is 110 Å². The van der Waals surface area contributed by atoms with Crippen molar-refractivity contribution in [1.29, 1.82) is 0 Å². The maximum absolute atomic E-state index is 13.1. The smallest absolute Gasteiger partial charge is 0.123 e. The van der Waals surface area contributed by atoms with Crippen LogP contribution in [0.3, 0.4) is 0 Å². The van der Waals surface area contributed by atoms with Crippen LogP contribution in [0, 0.1) is 5.82 Å². The van der Waals surface area contributed by atoms with Gasteiger partial charge in [-0.25, -0.2) is 4.39 Å². The van der Waals surface area contributed by atoms with E-state index in [2.05, 4.69) is 15.9 Å². The summed E-state index contributed by atoms with van der Waals surface area (Å²) in [5.74, 6) is -0.241. The Hall–Kier alpha value is -0.450. The van der Waals surface area contributed by atoms with Crippen LogP contribution in [0.15, 0.2) is 24.3 Å². The van der Waals surface area contributed by atoms with Crippen LogP contribution in [0.4, 0.5) is 4.39 Å². The van der Waals surface area contributed by atoms with Gasteiger partial charge in [0.2, 0.25) is 0 Å². The molecule has 0 aromatic heterocycles. The fourth-order valence-electron chi connectivity index (χ4n) is 1.51. The minimum absolute atomic E-state index is 0.0132. The monoisotopic (exact) mass is 304 g/mol. The van der Waals surface area contributed by atoms with Gasteiger partial charge in [0.1, 0.15) is 5.82 Å². The molecule has 1 rings (SSSR count). The molecule has 0 heterocycles. The first-order valence-corrected chi connectivity index (χ1v) is 6.84. The van der Waals surface area contributed by atoms with E-state index in [-0.39, 0.29) is 18.0 Å². The largest absolute Gasteiger partial charge is 0.379 e. The molecule has 0 saturated carbocycles. The second-order valence-corrected chi connectivity index (χ2v) is 4.45. The average Bonchev–Trinajstić information content (AvgIpc) is 2.33. The molecule has 2 atom stereocenters. The Morgan fingerprint density at radius 2 is 2.18 bits per heavy atom. The molecule has 2 unspecified atom stereocenters. The predicted octanol–water partition coefficient (Wildman–Crippen LogP) is 3.70. The number of hydrogen-bond donors (Lipinski definition) is 0. The van der Waals surface area contributed by atoms with Crippen molar-refractivity contribution in [3.8, 4) is 0 Å². The van der Waals surface area contributed by atoms with Gasteiger partial charge in [0.15, 0.2) is 0 Å². The van der Waals surface area contributed by atoms with Crippen molar-refractivity contribution in [2.75, 3.05) is 18.5 Å². The van der Waals surface area contributed by atoms with Crippen molar-refractivity contribution in [3.05, 3.63) is 35.6 Å². The summed E-state index contributed by atoms with van der Waals surface area (Å²) in [4.78, 5) is 0. The van der Waals surface area contributed by atoms with E-state index < -0.39 is 0 Å². The van der Waals surface area contributed by atoms with E-state index in [0.29, 0.717) is 18.5 Å². The van der Waals surface area contributed by atoms with Crippen LogP contribution in [0.2, 0.25) is 0 Å². The number of ether oxygens (including phenoxy) is 2. The normalized spacial score (nSPS) is 14.6. The molecule has 0 amide bonds. The van der Waals surface area contributed by atoms with Crippen LogP contribution >= 0.6 is 15.9 Å². The molecule has 1 aromatic carbocycles. The molecule has 0 aliphatic rings. The van der Waals surface area contributed by atoms with Gasteiger partial charge in [-0.2, -0.15) is 0 Å². The first-order valence-electron chi connectivity index (χ1n) is 5.72. The molecule has 2 nitrogen and oxygen atoms in total. The molecule has 0 fully saturated rings. The summed E-state index contributed by atoms with van der Waals surface area (Å²) < 4.78 is 24.2. The van der Waals surface area contributed by atoms with Crippen molar-refractivity contribution >= 4 is 15.9 Å². The summed E-state index contributed by atoms with van der Waals surface area (Å²) in [5, 5.41) is 0.632. The third-order valence-electron chi connectivity index (χ3n) is 2.31. The fraction of sp³-hybridized carbons (Fsp3) is 0.538. The van der Waals surface area contributed by atoms with E-state index in [1.165, 1.54) is 12.1 Å². The fourth-order valence-corrected chi connectivity index (χ4v) is 2.04. The second-order valence-electron chi connectivity index (χ2n) is 3.80. The SMILES string of the molecule is CCOCC(C)OC(CBr)c1cccc(F)c1. The number of benzene rings is 1. The maximum Gasteiger partial charge on any atom is 0.123 e. The van der Waals surface area contributed by atoms with Crippen molar-refractivity contribution in [2.24, 2.45) is 0 Å². The minimum Gasteiger partial charge on any atom is -0.379 e. The summed E-state index contributed by atoms with van der Waals surface area (Å²) in [6, 6.07) is 6.48. The molecule has 0 N–H and O–H groups in total. The van der Waals surface area contributed by atoms with Gasteiger partial charge in [0.25, 0.3) is 0 Å². The first kappa shape index (κ1) is 14.6. The summed E-state index contributed by atoms with van der Waals surface area (Å²) in [7, 11) is 0. The topological polar surface area (TPSA) is 18.5 Å². The quantitative estimate of drug-likeness (QED) is 0.715. The van der Waals surface area contributed by atoms with Crippen molar-refractivity contribution in [1.82, 2.24) is 0 Å². The lowest BCUT2D eigenvalue weighted by molar-refractivity contribution is -0.0384. The molecule has 0 radical (unpaired) electrons. The number of alkyl halides is 1. The van der Waals surface area contributed by atoms with Crippen LogP contribution < -0.4 is 0 Å². The van der Waals surface area contributed by atoms with Crippen molar-refractivity contribution in [3.63, 3.8) is 0 Å². The molecule has 0 aliphatic heterocycles. The molecule has 17 heavy (non-hydrogen) atoms. The number of hydrogen-bond acceptors (Lipinski definition) is 2. The highest BCUT2D eigenvalue weighted by molar-refractivity contribution is 9.09. The van der Waals surface area contributed by atoms with Crippen LogP contribution in [0.1, 0.15) is 25.5 Å². The zero-order valence-electron chi connectivity index (χ0n) is 10.2. The van der Waals surface area contributed by atoms with Gasteiger partial charge in [-0.15, -0.1) is 0 Å². The molecule has 1 aromatic rings. The highest BCUT2D eigenvalue weighted by Crippen LogP contribution is 2.22. The van der Waals surface area contributed by atoms with Crippen molar-refractivity contribution < 1.29 is 13.9 Å². The zero-order chi connectivity index (χ0) is 12.7.